The van der Waals surface area contributed by atoms with Crippen LogP contribution in [0.25, 0.3) is 0 Å². The Bertz CT molecular complexity index is 130. The SMILES string of the molecule is O=C(Cl)CCC1CCCCO1. The normalized spacial score (nSPS) is 25.0. The lowest BCUT2D eigenvalue weighted by molar-refractivity contribution is -0.112. The number of halogens is 1. The second-order valence-corrected chi connectivity index (χ2v) is 3.30. The van der Waals surface area contributed by atoms with Crippen LogP contribution >= 0.6 is 11.6 Å². The van der Waals surface area contributed by atoms with E-state index in [9.17, 15) is 4.79 Å². The molecule has 1 unspecified atom stereocenters. The summed E-state index contributed by atoms with van der Waals surface area (Å²) in [6.45, 7) is 0.848. The molecule has 1 atom stereocenters. The average Bonchev–Trinajstić information content (AvgIpc) is 2.03. The summed E-state index contributed by atoms with van der Waals surface area (Å²) in [5, 5.41) is -0.251. The van der Waals surface area contributed by atoms with E-state index in [4.69, 9.17) is 16.3 Å². The lowest BCUT2D eigenvalue weighted by atomic mass is 10.1. The minimum atomic E-state index is -0.251. The first kappa shape index (κ1) is 9.01. The van der Waals surface area contributed by atoms with E-state index in [1.807, 2.05) is 0 Å². The van der Waals surface area contributed by atoms with E-state index in [1.54, 1.807) is 0 Å². The van der Waals surface area contributed by atoms with Gasteiger partial charge in [0.15, 0.2) is 0 Å². The predicted octanol–water partition coefficient (Wildman–Crippen LogP) is 2.10. The summed E-state index contributed by atoms with van der Waals surface area (Å²) in [4.78, 5) is 10.4. The Hall–Kier alpha value is -0.0800. The minimum absolute atomic E-state index is 0.251. The van der Waals surface area contributed by atoms with Crippen LogP contribution in [0.2, 0.25) is 0 Å². The molecule has 0 amide bonds. The van der Waals surface area contributed by atoms with Gasteiger partial charge in [-0.15, -0.1) is 0 Å². The summed E-state index contributed by atoms with van der Waals surface area (Å²) in [5.74, 6) is 0. The molecule has 0 aromatic rings. The molecule has 1 rings (SSSR count). The molecule has 0 aromatic heterocycles. The number of ether oxygens (including phenoxy) is 1. The van der Waals surface area contributed by atoms with Crippen molar-refractivity contribution in [3.8, 4) is 0 Å². The van der Waals surface area contributed by atoms with Gasteiger partial charge in [-0.1, -0.05) is 0 Å². The Balaban J connectivity index is 2.09. The molecule has 0 bridgehead atoms. The molecule has 64 valence electrons. The standard InChI is InChI=1S/C8H13ClO2/c9-8(10)5-4-7-3-1-2-6-11-7/h7H,1-6H2. The van der Waals surface area contributed by atoms with Crippen LogP contribution in [0, 0.1) is 0 Å². The first-order valence-corrected chi connectivity index (χ1v) is 4.47. The monoisotopic (exact) mass is 176 g/mol. The van der Waals surface area contributed by atoms with Gasteiger partial charge in [0.1, 0.15) is 0 Å². The maximum atomic E-state index is 10.4. The molecular weight excluding hydrogens is 164 g/mol. The largest absolute Gasteiger partial charge is 0.378 e. The molecule has 11 heavy (non-hydrogen) atoms. The third-order valence-corrected chi connectivity index (χ3v) is 2.13. The topological polar surface area (TPSA) is 26.3 Å². The van der Waals surface area contributed by atoms with Crippen molar-refractivity contribution in [3.05, 3.63) is 0 Å². The molecule has 0 aliphatic carbocycles. The second kappa shape index (κ2) is 4.73. The van der Waals surface area contributed by atoms with Crippen molar-refractivity contribution in [2.24, 2.45) is 0 Å². The fraction of sp³-hybridized carbons (Fsp3) is 0.875. The molecular formula is C8H13ClO2. The van der Waals surface area contributed by atoms with E-state index in [1.165, 1.54) is 6.42 Å². The van der Waals surface area contributed by atoms with Crippen molar-refractivity contribution < 1.29 is 9.53 Å². The number of carbonyl (C=O) groups excluding carboxylic acids is 1. The number of carbonyl (C=O) groups is 1. The minimum Gasteiger partial charge on any atom is -0.378 e. The van der Waals surface area contributed by atoms with Crippen molar-refractivity contribution in [3.63, 3.8) is 0 Å². The quantitative estimate of drug-likeness (QED) is 0.616. The van der Waals surface area contributed by atoms with E-state index in [0.29, 0.717) is 6.42 Å². The fourth-order valence-electron chi connectivity index (χ4n) is 1.31. The van der Waals surface area contributed by atoms with Crippen LogP contribution < -0.4 is 0 Å². The van der Waals surface area contributed by atoms with Crippen molar-refractivity contribution in [1.82, 2.24) is 0 Å². The van der Waals surface area contributed by atoms with Crippen molar-refractivity contribution in [2.45, 2.75) is 38.2 Å². The van der Waals surface area contributed by atoms with Crippen LogP contribution in [-0.2, 0) is 9.53 Å². The van der Waals surface area contributed by atoms with Gasteiger partial charge in [-0.05, 0) is 37.3 Å². The molecule has 0 saturated carbocycles. The molecule has 1 saturated heterocycles. The van der Waals surface area contributed by atoms with Gasteiger partial charge in [-0.25, -0.2) is 0 Å². The second-order valence-electron chi connectivity index (χ2n) is 2.88. The summed E-state index contributed by atoms with van der Waals surface area (Å²) < 4.78 is 5.42. The third-order valence-electron chi connectivity index (χ3n) is 1.94. The molecule has 0 N–H and O–H groups in total. The van der Waals surface area contributed by atoms with Crippen LogP contribution in [-0.4, -0.2) is 18.0 Å². The zero-order valence-corrected chi connectivity index (χ0v) is 7.27. The molecule has 1 aliphatic rings. The van der Waals surface area contributed by atoms with Gasteiger partial charge < -0.3 is 4.74 Å². The van der Waals surface area contributed by atoms with Crippen LogP contribution in [0.4, 0.5) is 0 Å². The van der Waals surface area contributed by atoms with Crippen LogP contribution in [0.1, 0.15) is 32.1 Å². The molecule has 2 nitrogen and oxygen atoms in total. The van der Waals surface area contributed by atoms with Gasteiger partial charge in [-0.3, -0.25) is 4.79 Å². The van der Waals surface area contributed by atoms with Crippen LogP contribution in [0.3, 0.4) is 0 Å². The maximum absolute atomic E-state index is 10.4. The van der Waals surface area contributed by atoms with Crippen molar-refractivity contribution in [2.75, 3.05) is 6.61 Å². The van der Waals surface area contributed by atoms with Crippen molar-refractivity contribution >= 4 is 16.8 Å². The molecule has 3 heteroatoms. The van der Waals surface area contributed by atoms with Gasteiger partial charge in [-0.2, -0.15) is 0 Å². The van der Waals surface area contributed by atoms with Gasteiger partial charge in [0.25, 0.3) is 0 Å². The van der Waals surface area contributed by atoms with Crippen molar-refractivity contribution in [1.29, 1.82) is 0 Å². The lowest BCUT2D eigenvalue weighted by Gasteiger charge is -2.21. The zero-order valence-electron chi connectivity index (χ0n) is 6.51. The highest BCUT2D eigenvalue weighted by atomic mass is 35.5. The fourth-order valence-corrected chi connectivity index (χ4v) is 1.42. The van der Waals surface area contributed by atoms with E-state index in [0.717, 1.165) is 25.9 Å². The first-order chi connectivity index (χ1) is 5.29. The summed E-state index contributed by atoms with van der Waals surface area (Å²) in [6, 6.07) is 0. The average molecular weight is 177 g/mol. The van der Waals surface area contributed by atoms with E-state index in [-0.39, 0.29) is 11.3 Å². The molecule has 1 heterocycles. The lowest BCUT2D eigenvalue weighted by Crippen LogP contribution is -2.19. The molecule has 0 radical (unpaired) electrons. The first-order valence-electron chi connectivity index (χ1n) is 4.09. The Labute approximate surface area is 71.9 Å². The number of rotatable bonds is 3. The molecule has 0 aromatic carbocycles. The Kier molecular flexibility index (Phi) is 3.87. The molecule has 0 spiro atoms. The third kappa shape index (κ3) is 3.73. The summed E-state index contributed by atoms with van der Waals surface area (Å²) in [6.07, 6.45) is 5.00. The Morgan fingerprint density at radius 1 is 1.55 bits per heavy atom. The van der Waals surface area contributed by atoms with Gasteiger partial charge in [0.05, 0.1) is 6.10 Å². The van der Waals surface area contributed by atoms with Gasteiger partial charge in [0.2, 0.25) is 5.24 Å². The highest BCUT2D eigenvalue weighted by Gasteiger charge is 2.14. The Morgan fingerprint density at radius 2 is 2.36 bits per heavy atom. The van der Waals surface area contributed by atoms with Gasteiger partial charge >= 0.3 is 0 Å². The summed E-state index contributed by atoms with van der Waals surface area (Å²) >= 11 is 5.20. The smallest absolute Gasteiger partial charge is 0.221 e. The van der Waals surface area contributed by atoms with E-state index >= 15 is 0 Å². The highest BCUT2D eigenvalue weighted by molar-refractivity contribution is 6.63. The van der Waals surface area contributed by atoms with Crippen LogP contribution in [0.5, 0.6) is 0 Å². The maximum Gasteiger partial charge on any atom is 0.221 e. The Morgan fingerprint density at radius 3 is 2.91 bits per heavy atom. The van der Waals surface area contributed by atoms with Crippen LogP contribution in [0.15, 0.2) is 0 Å². The highest BCUT2D eigenvalue weighted by Crippen LogP contribution is 2.17. The summed E-state index contributed by atoms with van der Waals surface area (Å²) in [5.41, 5.74) is 0. The van der Waals surface area contributed by atoms with E-state index < -0.39 is 0 Å². The zero-order chi connectivity index (χ0) is 8.10. The molecule has 1 fully saturated rings. The van der Waals surface area contributed by atoms with Gasteiger partial charge in [0, 0.05) is 13.0 Å². The number of hydrogen-bond donors (Lipinski definition) is 0. The molecule has 1 aliphatic heterocycles. The summed E-state index contributed by atoms with van der Waals surface area (Å²) in [7, 11) is 0. The van der Waals surface area contributed by atoms with E-state index in [2.05, 4.69) is 0 Å². The number of hydrogen-bond acceptors (Lipinski definition) is 2. The predicted molar refractivity (Wildman–Crippen MR) is 43.7 cm³/mol.